The van der Waals surface area contributed by atoms with Crippen molar-refractivity contribution < 1.29 is 9.47 Å². The summed E-state index contributed by atoms with van der Waals surface area (Å²) in [5, 5.41) is 19.1. The Kier molecular flexibility index (Phi) is 4.11. The Bertz CT molecular complexity index is 1010. The predicted octanol–water partition coefficient (Wildman–Crippen LogP) is 3.76. The molecular weight excluding hydrogens is 348 g/mol. The van der Waals surface area contributed by atoms with Crippen molar-refractivity contribution in [2.75, 3.05) is 6.61 Å². The molecule has 0 radical (unpaired) electrons. The van der Waals surface area contributed by atoms with Crippen molar-refractivity contribution in [1.29, 1.82) is 5.26 Å². The van der Waals surface area contributed by atoms with Gasteiger partial charge in [0.1, 0.15) is 17.4 Å². The van der Waals surface area contributed by atoms with Crippen LogP contribution >= 0.6 is 11.3 Å². The molecular formula is C19H16N4O2S. The molecule has 26 heavy (non-hydrogen) atoms. The fraction of sp³-hybridized carbons (Fsp3) is 0.158. The van der Waals surface area contributed by atoms with Gasteiger partial charge < -0.3 is 15.2 Å². The fourth-order valence-electron chi connectivity index (χ4n) is 3.17. The summed E-state index contributed by atoms with van der Waals surface area (Å²) in [5.74, 6) is 0.760. The number of para-hydroxylation sites is 1. The lowest BCUT2D eigenvalue weighted by Crippen LogP contribution is -2.21. The Balaban J connectivity index is 1.97. The number of allylic oxidation sites excluding steroid dienone is 1. The molecule has 3 aromatic rings. The summed E-state index contributed by atoms with van der Waals surface area (Å²) in [7, 11) is 0. The highest BCUT2D eigenvalue weighted by atomic mass is 32.1. The molecule has 6 nitrogen and oxygen atoms in total. The Morgan fingerprint density at radius 1 is 1.35 bits per heavy atom. The van der Waals surface area contributed by atoms with Gasteiger partial charge in [0.2, 0.25) is 11.8 Å². The molecule has 130 valence electrons. The minimum Gasteiger partial charge on any atom is -0.494 e. The zero-order chi connectivity index (χ0) is 18.1. The highest BCUT2D eigenvalue weighted by Crippen LogP contribution is 2.48. The quantitative estimate of drug-likeness (QED) is 0.735. The molecule has 2 aromatic heterocycles. The number of nitriles is 1. The Hall–Kier alpha value is -3.24. The van der Waals surface area contributed by atoms with Gasteiger partial charge in [0.15, 0.2) is 0 Å². The van der Waals surface area contributed by atoms with E-state index in [1.165, 1.54) is 0 Å². The van der Waals surface area contributed by atoms with E-state index < -0.39 is 5.92 Å². The SMILES string of the molecule is CCOc1ccccc1C1C(C#N)=C(N)Oc2n[nH]c(-c3cccs3)c21. The van der Waals surface area contributed by atoms with E-state index in [0.29, 0.717) is 23.8 Å². The molecule has 1 aliphatic rings. The summed E-state index contributed by atoms with van der Waals surface area (Å²) >= 11 is 1.59. The summed E-state index contributed by atoms with van der Waals surface area (Å²) in [6, 6.07) is 13.8. The number of fused-ring (bicyclic) bond motifs is 1. The summed E-state index contributed by atoms with van der Waals surface area (Å²) in [4.78, 5) is 1.01. The minimum absolute atomic E-state index is 0.0699. The van der Waals surface area contributed by atoms with Gasteiger partial charge in [0.05, 0.1) is 28.7 Å². The first-order valence-corrected chi connectivity index (χ1v) is 9.04. The third-order valence-corrected chi connectivity index (χ3v) is 5.12. The van der Waals surface area contributed by atoms with Crippen molar-refractivity contribution in [3.63, 3.8) is 0 Å². The molecule has 0 fully saturated rings. The number of hydrogen-bond acceptors (Lipinski definition) is 6. The molecule has 3 N–H and O–H groups in total. The second-order valence-corrected chi connectivity index (χ2v) is 6.64. The van der Waals surface area contributed by atoms with Crippen LogP contribution in [0.15, 0.2) is 53.2 Å². The lowest BCUT2D eigenvalue weighted by atomic mass is 9.83. The molecule has 0 saturated heterocycles. The van der Waals surface area contributed by atoms with E-state index in [1.54, 1.807) is 11.3 Å². The smallest absolute Gasteiger partial charge is 0.244 e. The molecule has 0 saturated carbocycles. The molecule has 1 aliphatic heterocycles. The maximum absolute atomic E-state index is 9.76. The van der Waals surface area contributed by atoms with E-state index in [2.05, 4.69) is 16.3 Å². The Labute approximate surface area is 154 Å². The number of nitrogens with two attached hydrogens (primary N) is 1. The first-order chi connectivity index (χ1) is 12.7. The maximum atomic E-state index is 9.76. The number of thiophene rings is 1. The van der Waals surface area contributed by atoms with Crippen molar-refractivity contribution in [3.05, 3.63) is 64.4 Å². The zero-order valence-corrected chi connectivity index (χ0v) is 14.8. The van der Waals surface area contributed by atoms with E-state index in [9.17, 15) is 5.26 Å². The fourth-order valence-corrected chi connectivity index (χ4v) is 3.90. The van der Waals surface area contributed by atoms with E-state index in [1.807, 2.05) is 48.7 Å². The molecule has 0 bridgehead atoms. The van der Waals surface area contributed by atoms with Crippen molar-refractivity contribution in [1.82, 2.24) is 10.2 Å². The van der Waals surface area contributed by atoms with Gasteiger partial charge >= 0.3 is 0 Å². The average molecular weight is 364 g/mol. The zero-order valence-electron chi connectivity index (χ0n) is 14.0. The minimum atomic E-state index is -0.414. The van der Waals surface area contributed by atoms with E-state index >= 15 is 0 Å². The highest BCUT2D eigenvalue weighted by molar-refractivity contribution is 7.13. The first kappa shape index (κ1) is 16.2. The van der Waals surface area contributed by atoms with Gasteiger partial charge in [-0.25, -0.2) is 0 Å². The van der Waals surface area contributed by atoms with Crippen LogP contribution in [0.1, 0.15) is 24.0 Å². The third kappa shape index (κ3) is 2.52. The molecule has 0 spiro atoms. The van der Waals surface area contributed by atoms with E-state index in [0.717, 1.165) is 21.7 Å². The van der Waals surface area contributed by atoms with Crippen LogP contribution < -0.4 is 15.2 Å². The largest absolute Gasteiger partial charge is 0.494 e. The monoisotopic (exact) mass is 364 g/mol. The molecule has 1 atom stereocenters. The van der Waals surface area contributed by atoms with Crippen molar-refractivity contribution >= 4 is 11.3 Å². The second-order valence-electron chi connectivity index (χ2n) is 5.69. The number of hydrogen-bond donors (Lipinski definition) is 2. The second kappa shape index (κ2) is 6.58. The van der Waals surface area contributed by atoms with Crippen LogP contribution in [0.5, 0.6) is 11.6 Å². The summed E-state index contributed by atoms with van der Waals surface area (Å²) in [5.41, 5.74) is 8.86. The molecule has 7 heteroatoms. The predicted molar refractivity (Wildman–Crippen MR) is 98.8 cm³/mol. The van der Waals surface area contributed by atoms with Gasteiger partial charge in [-0.2, -0.15) is 5.26 Å². The average Bonchev–Trinajstić information content (AvgIpc) is 3.30. The van der Waals surface area contributed by atoms with Crippen LogP contribution in [-0.4, -0.2) is 16.8 Å². The molecule has 1 aromatic carbocycles. The Morgan fingerprint density at radius 2 is 2.19 bits per heavy atom. The van der Waals surface area contributed by atoms with Crippen LogP contribution in [0.3, 0.4) is 0 Å². The van der Waals surface area contributed by atoms with Gasteiger partial charge in [-0.3, -0.25) is 5.10 Å². The van der Waals surface area contributed by atoms with E-state index in [4.69, 9.17) is 15.2 Å². The van der Waals surface area contributed by atoms with Crippen molar-refractivity contribution in [3.8, 4) is 28.3 Å². The number of nitrogens with zero attached hydrogens (tertiary/aromatic N) is 2. The van der Waals surface area contributed by atoms with Gasteiger partial charge in [-0.15, -0.1) is 16.4 Å². The van der Waals surface area contributed by atoms with Crippen LogP contribution in [0.25, 0.3) is 10.6 Å². The summed E-state index contributed by atoms with van der Waals surface area (Å²) in [6.45, 7) is 2.45. The number of ether oxygens (including phenoxy) is 2. The molecule has 1 unspecified atom stereocenters. The molecule has 0 aliphatic carbocycles. The first-order valence-electron chi connectivity index (χ1n) is 8.16. The normalized spacial score (nSPS) is 15.9. The van der Waals surface area contributed by atoms with Crippen LogP contribution in [0.4, 0.5) is 0 Å². The Morgan fingerprint density at radius 3 is 2.92 bits per heavy atom. The number of H-pyrrole nitrogens is 1. The van der Waals surface area contributed by atoms with Crippen LogP contribution in [0.2, 0.25) is 0 Å². The summed E-state index contributed by atoms with van der Waals surface area (Å²) in [6.07, 6.45) is 0. The summed E-state index contributed by atoms with van der Waals surface area (Å²) < 4.78 is 11.4. The lowest BCUT2D eigenvalue weighted by Gasteiger charge is -2.25. The van der Waals surface area contributed by atoms with Gasteiger partial charge in [-0.1, -0.05) is 24.3 Å². The number of rotatable bonds is 4. The van der Waals surface area contributed by atoms with Gasteiger partial charge in [-0.05, 0) is 24.4 Å². The molecule has 0 amide bonds. The number of nitrogens with one attached hydrogen (secondary N) is 1. The third-order valence-electron chi connectivity index (χ3n) is 4.24. The number of benzene rings is 1. The molecule has 4 rings (SSSR count). The van der Waals surface area contributed by atoms with Crippen molar-refractivity contribution in [2.24, 2.45) is 5.73 Å². The number of aromatic nitrogens is 2. The van der Waals surface area contributed by atoms with Gasteiger partial charge in [0, 0.05) is 5.56 Å². The van der Waals surface area contributed by atoms with Crippen LogP contribution in [0, 0.1) is 11.3 Å². The van der Waals surface area contributed by atoms with Crippen molar-refractivity contribution in [2.45, 2.75) is 12.8 Å². The van der Waals surface area contributed by atoms with E-state index in [-0.39, 0.29) is 5.88 Å². The molecule has 3 heterocycles. The topological polar surface area (TPSA) is 96.9 Å². The maximum Gasteiger partial charge on any atom is 0.244 e. The highest BCUT2D eigenvalue weighted by Gasteiger charge is 2.37. The van der Waals surface area contributed by atoms with Crippen LogP contribution in [-0.2, 0) is 0 Å². The number of aromatic amines is 1. The lowest BCUT2D eigenvalue weighted by molar-refractivity contribution is 0.334. The van der Waals surface area contributed by atoms with Gasteiger partial charge in [0.25, 0.3) is 0 Å². The standard InChI is InChI=1S/C19H16N4O2S/c1-2-24-13-7-4-3-6-11(13)15-12(10-20)18(21)25-19-16(15)17(22-23-19)14-8-5-9-26-14/h3-9,15H,2,21H2,1H3,(H,22,23).